The molecule has 3 nitrogen and oxygen atoms in total. The van der Waals surface area contributed by atoms with Gasteiger partial charge < -0.3 is 9.97 Å². The Kier molecular flexibility index (Phi) is 1.59. The Morgan fingerprint density at radius 1 is 1.46 bits per heavy atom. The van der Waals surface area contributed by atoms with Crippen LogP contribution in [0.15, 0.2) is 29.8 Å². The van der Waals surface area contributed by atoms with Gasteiger partial charge in [0.2, 0.25) is 0 Å². The number of rotatable bonds is 1. The largest absolute Gasteiger partial charge is 0.347 e. The van der Waals surface area contributed by atoms with Crippen LogP contribution in [0.5, 0.6) is 0 Å². The van der Waals surface area contributed by atoms with Gasteiger partial charge in [-0.05, 0) is 12.5 Å². The van der Waals surface area contributed by atoms with E-state index >= 15 is 0 Å². The van der Waals surface area contributed by atoms with E-state index in [1.165, 1.54) is 6.07 Å². The van der Waals surface area contributed by atoms with E-state index in [1.807, 2.05) is 6.92 Å². The standard InChI is InChI=1S/C10H10N2O/c1-6(2)7-5-12-10-9(7)8(13)3-4-11-10/h3-5H,1H2,2H3,(H2,11,12,13). The van der Waals surface area contributed by atoms with Crippen molar-refractivity contribution in [2.24, 2.45) is 0 Å². The molecule has 2 N–H and O–H groups in total. The molecular weight excluding hydrogens is 164 g/mol. The number of aromatic amines is 2. The Balaban J connectivity index is 2.95. The summed E-state index contributed by atoms with van der Waals surface area (Å²) in [4.78, 5) is 17.4. The lowest BCUT2D eigenvalue weighted by molar-refractivity contribution is 1.32. The smallest absolute Gasteiger partial charge is 0.191 e. The van der Waals surface area contributed by atoms with E-state index in [9.17, 15) is 4.79 Å². The number of allylic oxidation sites excluding steroid dienone is 1. The van der Waals surface area contributed by atoms with Crippen LogP contribution in [0.4, 0.5) is 0 Å². The zero-order valence-corrected chi connectivity index (χ0v) is 7.35. The van der Waals surface area contributed by atoms with Gasteiger partial charge >= 0.3 is 0 Å². The predicted molar refractivity (Wildman–Crippen MR) is 53.6 cm³/mol. The number of hydrogen-bond acceptors (Lipinski definition) is 1. The van der Waals surface area contributed by atoms with Crippen LogP contribution in [0.3, 0.4) is 0 Å². The van der Waals surface area contributed by atoms with Crippen LogP contribution in [0.2, 0.25) is 0 Å². The minimum absolute atomic E-state index is 0.0213. The zero-order chi connectivity index (χ0) is 9.42. The van der Waals surface area contributed by atoms with Crippen LogP contribution in [0.1, 0.15) is 12.5 Å². The molecule has 0 spiro atoms. The maximum atomic E-state index is 11.5. The molecule has 0 aromatic carbocycles. The third kappa shape index (κ3) is 1.09. The molecule has 3 heteroatoms. The maximum Gasteiger partial charge on any atom is 0.191 e. The molecule has 0 atom stereocenters. The van der Waals surface area contributed by atoms with Crippen molar-refractivity contribution in [1.82, 2.24) is 9.97 Å². The van der Waals surface area contributed by atoms with E-state index in [1.54, 1.807) is 12.4 Å². The molecule has 2 rings (SSSR count). The van der Waals surface area contributed by atoms with Crippen molar-refractivity contribution in [3.05, 3.63) is 40.8 Å². The van der Waals surface area contributed by atoms with E-state index in [-0.39, 0.29) is 5.43 Å². The molecule has 0 unspecified atom stereocenters. The molecule has 2 aromatic rings. The van der Waals surface area contributed by atoms with Gasteiger partial charge in [-0.15, -0.1) is 0 Å². The van der Waals surface area contributed by atoms with Crippen LogP contribution >= 0.6 is 0 Å². The molecule has 0 saturated carbocycles. The molecule has 0 fully saturated rings. The number of fused-ring (bicyclic) bond motifs is 1. The lowest BCUT2D eigenvalue weighted by Gasteiger charge is -1.93. The highest BCUT2D eigenvalue weighted by Crippen LogP contribution is 2.18. The summed E-state index contributed by atoms with van der Waals surface area (Å²) >= 11 is 0. The third-order valence-electron chi connectivity index (χ3n) is 2.05. The monoisotopic (exact) mass is 174 g/mol. The fraction of sp³-hybridized carbons (Fsp3) is 0.100. The summed E-state index contributed by atoms with van der Waals surface area (Å²) in [6.45, 7) is 5.70. The van der Waals surface area contributed by atoms with Gasteiger partial charge in [0.05, 0.1) is 5.39 Å². The number of pyridine rings is 1. The number of aromatic nitrogens is 2. The molecule has 0 bridgehead atoms. The minimum Gasteiger partial charge on any atom is -0.347 e. The molecule has 2 heterocycles. The fourth-order valence-electron chi connectivity index (χ4n) is 1.41. The second-order valence-corrected chi connectivity index (χ2v) is 3.07. The first-order chi connectivity index (χ1) is 6.20. The average Bonchev–Trinajstić information content (AvgIpc) is 2.49. The van der Waals surface area contributed by atoms with E-state index in [0.29, 0.717) is 5.39 Å². The van der Waals surface area contributed by atoms with Gasteiger partial charge in [-0.1, -0.05) is 6.58 Å². The molecule has 0 aliphatic heterocycles. The highest BCUT2D eigenvalue weighted by molar-refractivity contribution is 5.89. The Labute approximate surface area is 75.1 Å². The van der Waals surface area contributed by atoms with Gasteiger partial charge in [-0.25, -0.2) is 0 Å². The lowest BCUT2D eigenvalue weighted by atomic mass is 10.1. The Morgan fingerprint density at radius 3 is 2.92 bits per heavy atom. The molecule has 13 heavy (non-hydrogen) atoms. The minimum atomic E-state index is 0.0213. The Bertz CT molecular complexity index is 519. The van der Waals surface area contributed by atoms with Gasteiger partial charge in [-0.3, -0.25) is 4.79 Å². The summed E-state index contributed by atoms with van der Waals surface area (Å²) in [7, 11) is 0. The first-order valence-corrected chi connectivity index (χ1v) is 4.05. The van der Waals surface area contributed by atoms with Crippen LogP contribution in [-0.2, 0) is 0 Å². The van der Waals surface area contributed by atoms with Gasteiger partial charge in [-0.2, -0.15) is 0 Å². The first kappa shape index (κ1) is 7.86. The third-order valence-corrected chi connectivity index (χ3v) is 2.05. The molecule has 0 amide bonds. The van der Waals surface area contributed by atoms with E-state index in [2.05, 4.69) is 16.5 Å². The van der Waals surface area contributed by atoms with Crippen molar-refractivity contribution in [3.8, 4) is 0 Å². The summed E-state index contributed by atoms with van der Waals surface area (Å²) in [6, 6.07) is 1.52. The van der Waals surface area contributed by atoms with Gasteiger partial charge in [0.25, 0.3) is 0 Å². The highest BCUT2D eigenvalue weighted by Gasteiger charge is 2.06. The van der Waals surface area contributed by atoms with Crippen molar-refractivity contribution in [2.45, 2.75) is 6.92 Å². The molecule has 66 valence electrons. The predicted octanol–water partition coefficient (Wildman–Crippen LogP) is 1.89. The first-order valence-electron chi connectivity index (χ1n) is 4.05. The van der Waals surface area contributed by atoms with Crippen molar-refractivity contribution >= 4 is 16.6 Å². The Morgan fingerprint density at radius 2 is 2.23 bits per heavy atom. The van der Waals surface area contributed by atoms with Gasteiger partial charge in [0.15, 0.2) is 5.43 Å². The topological polar surface area (TPSA) is 48.6 Å². The summed E-state index contributed by atoms with van der Waals surface area (Å²) in [5.74, 6) is 0. The second-order valence-electron chi connectivity index (χ2n) is 3.07. The normalized spacial score (nSPS) is 10.5. The van der Waals surface area contributed by atoms with Crippen molar-refractivity contribution in [2.75, 3.05) is 0 Å². The molecule has 0 aliphatic rings. The van der Waals surface area contributed by atoms with Crippen molar-refractivity contribution in [1.29, 1.82) is 0 Å². The van der Waals surface area contributed by atoms with Crippen LogP contribution in [-0.4, -0.2) is 9.97 Å². The van der Waals surface area contributed by atoms with Crippen LogP contribution in [0, 0.1) is 0 Å². The Hall–Kier alpha value is -1.77. The average molecular weight is 174 g/mol. The van der Waals surface area contributed by atoms with E-state index in [4.69, 9.17) is 0 Å². The van der Waals surface area contributed by atoms with Crippen LogP contribution in [0.25, 0.3) is 16.6 Å². The molecule has 0 radical (unpaired) electrons. The second kappa shape index (κ2) is 2.62. The fourth-order valence-corrected chi connectivity index (χ4v) is 1.41. The quantitative estimate of drug-likeness (QED) is 0.681. The lowest BCUT2D eigenvalue weighted by Crippen LogP contribution is -1.99. The number of hydrogen-bond donors (Lipinski definition) is 2. The highest BCUT2D eigenvalue weighted by atomic mass is 16.1. The van der Waals surface area contributed by atoms with Crippen molar-refractivity contribution in [3.63, 3.8) is 0 Å². The summed E-state index contributed by atoms with van der Waals surface area (Å²) < 4.78 is 0. The molecular formula is C10H10N2O. The molecule has 0 aliphatic carbocycles. The van der Waals surface area contributed by atoms with Gasteiger partial charge in [0, 0.05) is 24.0 Å². The summed E-state index contributed by atoms with van der Waals surface area (Å²) in [5, 5.41) is 0.690. The zero-order valence-electron chi connectivity index (χ0n) is 7.35. The SMILES string of the molecule is C=C(C)c1c[nH]c2[nH]ccc(=O)c12. The summed E-state index contributed by atoms with van der Waals surface area (Å²) in [6.07, 6.45) is 3.42. The maximum absolute atomic E-state index is 11.5. The molecule has 0 saturated heterocycles. The van der Waals surface area contributed by atoms with Gasteiger partial charge in [0.1, 0.15) is 5.65 Å². The van der Waals surface area contributed by atoms with Crippen molar-refractivity contribution < 1.29 is 0 Å². The number of nitrogens with one attached hydrogen (secondary N) is 2. The van der Waals surface area contributed by atoms with E-state index < -0.39 is 0 Å². The number of H-pyrrole nitrogens is 2. The van der Waals surface area contributed by atoms with E-state index in [0.717, 1.165) is 16.8 Å². The van der Waals surface area contributed by atoms with Crippen LogP contribution < -0.4 is 5.43 Å². The molecule has 2 aromatic heterocycles. The summed E-state index contributed by atoms with van der Waals surface area (Å²) in [5.41, 5.74) is 2.55.